The van der Waals surface area contributed by atoms with E-state index in [9.17, 15) is 0 Å². The third-order valence-corrected chi connectivity index (χ3v) is 6.63. The van der Waals surface area contributed by atoms with Crippen molar-refractivity contribution < 1.29 is 4.52 Å². The first-order valence-electron chi connectivity index (χ1n) is 11.5. The number of piperazine rings is 1. The van der Waals surface area contributed by atoms with Crippen molar-refractivity contribution in [2.24, 2.45) is 10.9 Å². The van der Waals surface area contributed by atoms with Gasteiger partial charge in [0.05, 0.1) is 5.69 Å². The van der Waals surface area contributed by atoms with Crippen LogP contribution in [0.1, 0.15) is 30.7 Å². The number of benzene rings is 1. The summed E-state index contributed by atoms with van der Waals surface area (Å²) in [4.78, 5) is 12.0. The van der Waals surface area contributed by atoms with Gasteiger partial charge in [-0.1, -0.05) is 43.3 Å². The molecule has 1 saturated heterocycles. The average molecular weight is 425 g/mol. The number of nitrogens with zero attached hydrogens (tertiary/aromatic N) is 5. The van der Waals surface area contributed by atoms with E-state index in [0.29, 0.717) is 12.0 Å². The molecule has 1 aromatic heterocycles. The summed E-state index contributed by atoms with van der Waals surface area (Å²) in [6.45, 7) is 12.6. The molecule has 1 N–H and O–H groups in total. The summed E-state index contributed by atoms with van der Waals surface area (Å²) in [6, 6.07) is 11.3. The summed E-state index contributed by atoms with van der Waals surface area (Å²) >= 11 is 0. The molecule has 3 heterocycles. The molecule has 0 bridgehead atoms. The Labute approximate surface area is 186 Å². The zero-order chi connectivity index (χ0) is 21.6. The van der Waals surface area contributed by atoms with Crippen molar-refractivity contribution in [3.8, 4) is 0 Å². The van der Waals surface area contributed by atoms with E-state index in [1.807, 2.05) is 13.1 Å². The molecule has 2 aliphatic heterocycles. The predicted molar refractivity (Wildman–Crippen MR) is 124 cm³/mol. The van der Waals surface area contributed by atoms with E-state index < -0.39 is 0 Å². The van der Waals surface area contributed by atoms with E-state index in [4.69, 9.17) is 4.52 Å². The smallest absolute Gasteiger partial charge is 0.193 e. The Balaban J connectivity index is 1.30. The summed E-state index contributed by atoms with van der Waals surface area (Å²) in [6.07, 6.45) is 2.78. The summed E-state index contributed by atoms with van der Waals surface area (Å²) < 4.78 is 4.96. The largest absolute Gasteiger partial charge is 0.364 e. The maximum Gasteiger partial charge on any atom is 0.193 e. The van der Waals surface area contributed by atoms with Crippen LogP contribution in [0.15, 0.2) is 46.1 Å². The van der Waals surface area contributed by atoms with Crippen molar-refractivity contribution in [1.82, 2.24) is 25.2 Å². The van der Waals surface area contributed by atoms with E-state index in [0.717, 1.165) is 70.4 Å². The molecular weight excluding hydrogens is 388 g/mol. The highest BCUT2D eigenvalue weighted by molar-refractivity contribution is 5.80. The Kier molecular flexibility index (Phi) is 7.25. The Morgan fingerprint density at radius 3 is 2.55 bits per heavy atom. The quantitative estimate of drug-likeness (QED) is 0.568. The number of hydrogen-bond acceptors (Lipinski definition) is 5. The summed E-state index contributed by atoms with van der Waals surface area (Å²) in [5, 5.41) is 7.72. The third kappa shape index (κ3) is 5.46. The number of guanidine groups is 1. The van der Waals surface area contributed by atoms with Gasteiger partial charge in [-0.2, -0.15) is 0 Å². The van der Waals surface area contributed by atoms with Crippen molar-refractivity contribution in [1.29, 1.82) is 0 Å². The van der Waals surface area contributed by atoms with Gasteiger partial charge in [-0.15, -0.1) is 0 Å². The highest BCUT2D eigenvalue weighted by Crippen LogP contribution is 2.23. The van der Waals surface area contributed by atoms with E-state index >= 15 is 0 Å². The Morgan fingerprint density at radius 2 is 1.87 bits per heavy atom. The van der Waals surface area contributed by atoms with Gasteiger partial charge in [-0.05, 0) is 23.5 Å². The molecule has 7 nitrogen and oxygen atoms in total. The second-order valence-electron chi connectivity index (χ2n) is 8.98. The molecule has 1 fully saturated rings. The molecule has 31 heavy (non-hydrogen) atoms. The van der Waals surface area contributed by atoms with Crippen LogP contribution in [0.3, 0.4) is 0 Å². The Hall–Kier alpha value is -2.38. The number of nitrogens with one attached hydrogen (secondary N) is 1. The molecule has 0 saturated carbocycles. The topological polar surface area (TPSA) is 60.1 Å². The van der Waals surface area contributed by atoms with Gasteiger partial charge in [0.2, 0.25) is 0 Å². The van der Waals surface area contributed by atoms with Crippen LogP contribution in [0.2, 0.25) is 0 Å². The molecule has 7 heteroatoms. The summed E-state index contributed by atoms with van der Waals surface area (Å²) in [5.41, 5.74) is 3.99. The highest BCUT2D eigenvalue weighted by Gasteiger charge is 2.27. The van der Waals surface area contributed by atoms with Crippen molar-refractivity contribution in [3.63, 3.8) is 0 Å². The monoisotopic (exact) mass is 424 g/mol. The SMILES string of the molecule is CN=C(NCC(C(C)C)N1CCc2ccccc2C1)N1CCN(Cc2ccon2)CC1. The fourth-order valence-corrected chi connectivity index (χ4v) is 4.78. The van der Waals surface area contributed by atoms with Crippen LogP contribution < -0.4 is 5.32 Å². The van der Waals surface area contributed by atoms with Crippen molar-refractivity contribution in [2.75, 3.05) is 46.3 Å². The number of rotatable bonds is 6. The molecule has 1 atom stereocenters. The zero-order valence-electron chi connectivity index (χ0n) is 19.1. The maximum atomic E-state index is 4.96. The molecule has 0 aliphatic carbocycles. The van der Waals surface area contributed by atoms with E-state index in [-0.39, 0.29) is 0 Å². The first kappa shape index (κ1) is 21.8. The second-order valence-corrected chi connectivity index (χ2v) is 8.98. The molecule has 0 radical (unpaired) electrons. The molecule has 2 aliphatic rings. The van der Waals surface area contributed by atoms with Crippen LogP contribution in [0.25, 0.3) is 0 Å². The summed E-state index contributed by atoms with van der Waals surface area (Å²) in [7, 11) is 1.89. The minimum atomic E-state index is 0.485. The van der Waals surface area contributed by atoms with Crippen LogP contribution in [-0.2, 0) is 19.5 Å². The van der Waals surface area contributed by atoms with Crippen molar-refractivity contribution in [3.05, 3.63) is 53.4 Å². The maximum absolute atomic E-state index is 4.96. The third-order valence-electron chi connectivity index (χ3n) is 6.63. The van der Waals surface area contributed by atoms with Gasteiger partial charge in [0.25, 0.3) is 0 Å². The fourth-order valence-electron chi connectivity index (χ4n) is 4.78. The number of aliphatic imine (C=N–C) groups is 1. The zero-order valence-corrected chi connectivity index (χ0v) is 19.1. The molecule has 1 aromatic carbocycles. The first-order chi connectivity index (χ1) is 15.1. The van der Waals surface area contributed by atoms with E-state index in [1.54, 1.807) is 6.26 Å². The normalized spacial score (nSPS) is 19.5. The molecular formula is C24H36N6O. The summed E-state index contributed by atoms with van der Waals surface area (Å²) in [5.74, 6) is 1.60. The Bertz CT molecular complexity index is 842. The standard InChI is InChI=1S/C24H36N6O/c1-19(2)23(30-10-8-20-6-4-5-7-21(20)17-30)16-26-24(25-3)29-13-11-28(12-14-29)18-22-9-15-31-27-22/h4-7,9,15,19,23H,8,10-14,16-18H2,1-3H3,(H,25,26). The van der Waals surface area contributed by atoms with Gasteiger partial charge in [-0.25, -0.2) is 0 Å². The Morgan fingerprint density at radius 1 is 1.10 bits per heavy atom. The van der Waals surface area contributed by atoms with Crippen LogP contribution in [0.5, 0.6) is 0 Å². The van der Waals surface area contributed by atoms with Gasteiger partial charge >= 0.3 is 0 Å². The minimum Gasteiger partial charge on any atom is -0.364 e. The lowest BCUT2D eigenvalue weighted by Gasteiger charge is -2.40. The molecule has 0 amide bonds. The fraction of sp³-hybridized carbons (Fsp3) is 0.583. The van der Waals surface area contributed by atoms with Crippen molar-refractivity contribution >= 4 is 5.96 Å². The van der Waals surface area contributed by atoms with Crippen molar-refractivity contribution in [2.45, 2.75) is 39.4 Å². The van der Waals surface area contributed by atoms with Gasteiger partial charge in [0.15, 0.2) is 5.96 Å². The predicted octanol–water partition coefficient (Wildman–Crippen LogP) is 2.45. The van der Waals surface area contributed by atoms with Crippen LogP contribution >= 0.6 is 0 Å². The molecule has 4 rings (SSSR count). The molecule has 0 spiro atoms. The minimum absolute atomic E-state index is 0.485. The number of aromatic nitrogens is 1. The lowest BCUT2D eigenvalue weighted by molar-refractivity contribution is 0.137. The number of fused-ring (bicyclic) bond motifs is 1. The van der Waals surface area contributed by atoms with E-state index in [2.05, 4.69) is 68.3 Å². The van der Waals surface area contributed by atoms with Crippen LogP contribution in [0.4, 0.5) is 0 Å². The second kappa shape index (κ2) is 10.3. The highest BCUT2D eigenvalue weighted by atomic mass is 16.5. The van der Waals surface area contributed by atoms with Gasteiger partial charge in [0.1, 0.15) is 6.26 Å². The first-order valence-corrected chi connectivity index (χ1v) is 11.5. The lowest BCUT2D eigenvalue weighted by Crippen LogP contribution is -2.55. The van der Waals surface area contributed by atoms with Gasteiger partial charge < -0.3 is 14.7 Å². The molecule has 1 unspecified atom stereocenters. The molecule has 168 valence electrons. The van der Waals surface area contributed by atoms with E-state index in [1.165, 1.54) is 11.1 Å². The number of hydrogen-bond donors (Lipinski definition) is 1. The van der Waals surface area contributed by atoms with Gasteiger partial charge in [-0.3, -0.25) is 14.8 Å². The molecule has 2 aromatic rings. The lowest BCUT2D eigenvalue weighted by atomic mass is 9.95. The van der Waals surface area contributed by atoms with Gasteiger partial charge in [0, 0.05) is 71.5 Å². The van der Waals surface area contributed by atoms with Crippen LogP contribution in [0, 0.1) is 5.92 Å². The van der Waals surface area contributed by atoms with Crippen LogP contribution in [-0.4, -0.2) is 78.2 Å². The average Bonchev–Trinajstić information content (AvgIpc) is 3.30.